The van der Waals surface area contributed by atoms with Crippen LogP contribution in [-0.2, 0) is 6.61 Å². The molecule has 1 aromatic heterocycles. The zero-order valence-corrected chi connectivity index (χ0v) is 11.0. The molecule has 2 N–H and O–H groups in total. The van der Waals surface area contributed by atoms with E-state index < -0.39 is 0 Å². The van der Waals surface area contributed by atoms with Crippen molar-refractivity contribution in [3.8, 4) is 5.75 Å². The number of ether oxygens (including phenoxy) is 1. The van der Waals surface area contributed by atoms with Crippen LogP contribution in [0.1, 0.15) is 29.0 Å². The van der Waals surface area contributed by atoms with Crippen LogP contribution in [0, 0.1) is 6.92 Å². The molecule has 2 rings (SSSR count). The largest absolute Gasteiger partial charge is 0.488 e. The van der Waals surface area contributed by atoms with Crippen LogP contribution in [0.25, 0.3) is 0 Å². The van der Waals surface area contributed by atoms with E-state index in [9.17, 15) is 0 Å². The van der Waals surface area contributed by atoms with Crippen molar-refractivity contribution in [2.75, 3.05) is 0 Å². The van der Waals surface area contributed by atoms with Gasteiger partial charge in [-0.25, -0.2) is 0 Å². The molecule has 0 saturated carbocycles. The number of hydrogen-bond donors (Lipinski definition) is 1. The van der Waals surface area contributed by atoms with Crippen molar-refractivity contribution in [3.05, 3.63) is 51.7 Å². The van der Waals surface area contributed by atoms with E-state index in [0.29, 0.717) is 6.61 Å². The van der Waals surface area contributed by atoms with Gasteiger partial charge in [0.2, 0.25) is 0 Å². The fourth-order valence-electron chi connectivity index (χ4n) is 1.70. The summed E-state index contributed by atoms with van der Waals surface area (Å²) in [4.78, 5) is 1.22. The molecular weight excluding hydrogens is 230 g/mol. The van der Waals surface area contributed by atoms with Gasteiger partial charge in [-0.1, -0.05) is 23.8 Å². The minimum Gasteiger partial charge on any atom is -0.488 e. The van der Waals surface area contributed by atoms with Crippen molar-refractivity contribution in [3.63, 3.8) is 0 Å². The number of hydrogen-bond acceptors (Lipinski definition) is 3. The first-order valence-electron chi connectivity index (χ1n) is 5.68. The maximum atomic E-state index is 5.95. The summed E-state index contributed by atoms with van der Waals surface area (Å²) in [6, 6.07) is 10.2. The van der Waals surface area contributed by atoms with Gasteiger partial charge < -0.3 is 10.5 Å². The summed E-state index contributed by atoms with van der Waals surface area (Å²) >= 11 is 1.70. The van der Waals surface area contributed by atoms with Gasteiger partial charge in [0.1, 0.15) is 12.4 Å². The van der Waals surface area contributed by atoms with Gasteiger partial charge in [0.25, 0.3) is 0 Å². The van der Waals surface area contributed by atoms with E-state index >= 15 is 0 Å². The number of nitrogens with two attached hydrogens (primary N) is 1. The first-order valence-corrected chi connectivity index (χ1v) is 6.56. The van der Waals surface area contributed by atoms with E-state index in [-0.39, 0.29) is 6.04 Å². The van der Waals surface area contributed by atoms with Crippen LogP contribution in [0.4, 0.5) is 0 Å². The average Bonchev–Trinajstić information content (AvgIpc) is 2.80. The molecule has 3 heteroatoms. The van der Waals surface area contributed by atoms with E-state index in [4.69, 9.17) is 10.5 Å². The number of aryl methyl sites for hydroxylation is 1. The van der Waals surface area contributed by atoms with Gasteiger partial charge in [-0.2, -0.15) is 0 Å². The van der Waals surface area contributed by atoms with Crippen molar-refractivity contribution < 1.29 is 4.74 Å². The third-order valence-electron chi connectivity index (χ3n) is 2.61. The maximum absolute atomic E-state index is 5.95. The van der Waals surface area contributed by atoms with E-state index in [0.717, 1.165) is 11.3 Å². The molecule has 2 nitrogen and oxygen atoms in total. The third kappa shape index (κ3) is 3.08. The average molecular weight is 247 g/mol. The molecule has 0 aliphatic carbocycles. The van der Waals surface area contributed by atoms with Crippen LogP contribution in [0.2, 0.25) is 0 Å². The van der Waals surface area contributed by atoms with Crippen LogP contribution < -0.4 is 10.5 Å². The molecule has 0 amide bonds. The summed E-state index contributed by atoms with van der Waals surface area (Å²) < 4.78 is 5.83. The van der Waals surface area contributed by atoms with E-state index in [1.807, 2.05) is 19.1 Å². The topological polar surface area (TPSA) is 35.2 Å². The molecule has 2 aromatic rings. The molecule has 1 heterocycles. The lowest BCUT2D eigenvalue weighted by molar-refractivity contribution is 0.305. The van der Waals surface area contributed by atoms with Crippen molar-refractivity contribution in [2.45, 2.75) is 26.5 Å². The molecule has 0 saturated heterocycles. The Bertz CT molecular complexity index is 477. The number of benzene rings is 1. The molecule has 17 heavy (non-hydrogen) atoms. The van der Waals surface area contributed by atoms with Crippen LogP contribution in [0.15, 0.2) is 35.7 Å². The van der Waals surface area contributed by atoms with Gasteiger partial charge in [0, 0.05) is 16.5 Å². The van der Waals surface area contributed by atoms with Crippen molar-refractivity contribution >= 4 is 11.3 Å². The zero-order chi connectivity index (χ0) is 12.3. The van der Waals surface area contributed by atoms with Crippen LogP contribution in [0.5, 0.6) is 5.75 Å². The summed E-state index contributed by atoms with van der Waals surface area (Å²) in [6.07, 6.45) is 0. The lowest BCUT2D eigenvalue weighted by Gasteiger charge is -2.14. The highest BCUT2D eigenvalue weighted by Crippen LogP contribution is 2.26. The Hall–Kier alpha value is -1.32. The Labute approximate surface area is 106 Å². The number of rotatable bonds is 4. The summed E-state index contributed by atoms with van der Waals surface area (Å²) in [6.45, 7) is 4.65. The predicted molar refractivity (Wildman–Crippen MR) is 72.4 cm³/mol. The standard InChI is InChI=1S/C14H17NOS/c1-10-5-6-14(13(8-10)11(2)15)16-9-12-4-3-7-17-12/h3-8,11H,9,15H2,1-2H3/t11-/m1/s1. The Morgan fingerprint density at radius 3 is 2.82 bits per heavy atom. The molecule has 90 valence electrons. The molecular formula is C14H17NOS. The second-order valence-corrected chi connectivity index (χ2v) is 5.23. The third-order valence-corrected chi connectivity index (χ3v) is 3.46. The molecule has 0 aliphatic rings. The predicted octanol–water partition coefficient (Wildman–Crippen LogP) is 3.66. The molecule has 0 fully saturated rings. The fraction of sp³-hybridized carbons (Fsp3) is 0.286. The molecule has 0 radical (unpaired) electrons. The van der Waals surface area contributed by atoms with Crippen molar-refractivity contribution in [1.29, 1.82) is 0 Å². The SMILES string of the molecule is Cc1ccc(OCc2cccs2)c([C@@H](C)N)c1. The molecule has 0 unspecified atom stereocenters. The summed E-state index contributed by atoms with van der Waals surface area (Å²) in [5.41, 5.74) is 8.23. The molecule has 1 aromatic carbocycles. The lowest BCUT2D eigenvalue weighted by Crippen LogP contribution is -2.08. The summed E-state index contributed by atoms with van der Waals surface area (Å²) in [5, 5.41) is 2.06. The summed E-state index contributed by atoms with van der Waals surface area (Å²) in [7, 11) is 0. The second kappa shape index (κ2) is 5.34. The lowest BCUT2D eigenvalue weighted by atomic mass is 10.1. The zero-order valence-electron chi connectivity index (χ0n) is 10.1. The highest BCUT2D eigenvalue weighted by molar-refractivity contribution is 7.09. The highest BCUT2D eigenvalue weighted by Gasteiger charge is 2.08. The second-order valence-electron chi connectivity index (χ2n) is 4.20. The van der Waals surface area contributed by atoms with Gasteiger partial charge in [0.15, 0.2) is 0 Å². The van der Waals surface area contributed by atoms with E-state index in [1.54, 1.807) is 11.3 Å². The molecule has 0 aliphatic heterocycles. The van der Waals surface area contributed by atoms with E-state index in [1.165, 1.54) is 10.4 Å². The first kappa shape index (κ1) is 12.1. The summed E-state index contributed by atoms with van der Waals surface area (Å²) in [5.74, 6) is 0.888. The van der Waals surface area contributed by atoms with Crippen LogP contribution >= 0.6 is 11.3 Å². The van der Waals surface area contributed by atoms with Gasteiger partial charge in [-0.3, -0.25) is 0 Å². The quantitative estimate of drug-likeness (QED) is 0.895. The van der Waals surface area contributed by atoms with Gasteiger partial charge >= 0.3 is 0 Å². The van der Waals surface area contributed by atoms with Crippen molar-refractivity contribution in [2.24, 2.45) is 5.73 Å². The van der Waals surface area contributed by atoms with Gasteiger partial charge in [-0.05, 0) is 31.4 Å². The fourth-order valence-corrected chi connectivity index (χ4v) is 2.31. The Morgan fingerprint density at radius 1 is 1.35 bits per heavy atom. The van der Waals surface area contributed by atoms with E-state index in [2.05, 4.69) is 30.5 Å². The van der Waals surface area contributed by atoms with Gasteiger partial charge in [-0.15, -0.1) is 11.3 Å². The highest BCUT2D eigenvalue weighted by atomic mass is 32.1. The van der Waals surface area contributed by atoms with Crippen molar-refractivity contribution in [1.82, 2.24) is 0 Å². The minimum atomic E-state index is -0.00626. The smallest absolute Gasteiger partial charge is 0.124 e. The molecule has 1 atom stereocenters. The molecule has 0 bridgehead atoms. The van der Waals surface area contributed by atoms with Crippen LogP contribution in [0.3, 0.4) is 0 Å². The Kier molecular flexibility index (Phi) is 3.82. The monoisotopic (exact) mass is 247 g/mol. The Morgan fingerprint density at radius 2 is 2.18 bits per heavy atom. The first-order chi connectivity index (χ1) is 8.16. The van der Waals surface area contributed by atoms with Crippen LogP contribution in [-0.4, -0.2) is 0 Å². The maximum Gasteiger partial charge on any atom is 0.124 e. The normalized spacial score (nSPS) is 12.4. The minimum absolute atomic E-state index is 0.00626. The van der Waals surface area contributed by atoms with Gasteiger partial charge in [0.05, 0.1) is 0 Å². The number of thiophene rings is 1. The Balaban J connectivity index is 2.14. The molecule has 0 spiro atoms.